The number of ether oxygens (including phenoxy) is 1. The van der Waals surface area contributed by atoms with Gasteiger partial charge in [0.2, 0.25) is 0 Å². The van der Waals surface area contributed by atoms with Gasteiger partial charge in [-0.25, -0.2) is 14.4 Å². The molecule has 0 amide bonds. The highest BCUT2D eigenvalue weighted by atomic mass is 19.1. The van der Waals surface area contributed by atoms with Gasteiger partial charge in [-0.05, 0) is 61.9 Å². The van der Waals surface area contributed by atoms with E-state index in [9.17, 15) is 4.39 Å². The number of aromatic nitrogens is 3. The number of benzene rings is 1. The summed E-state index contributed by atoms with van der Waals surface area (Å²) in [4.78, 5) is 8.74. The topological polar surface area (TPSA) is 39.9 Å². The van der Waals surface area contributed by atoms with Gasteiger partial charge in [-0.2, -0.15) is 0 Å². The standard InChI is InChI=1S/C23H24FN3O/c1-14-4-3-5-19-21(9-8-20(24)22(14)19)28-17-7-6-16(12-17)27-11-10-18-15(2)25-13-26-23(18)27/h6-11,13-14,16-17H,3-5,12H2,1-2H3/t14?,16-,17+/m0/s1. The Morgan fingerprint density at radius 1 is 1.18 bits per heavy atom. The van der Waals surface area contributed by atoms with E-state index >= 15 is 0 Å². The molecule has 3 aromatic rings. The van der Waals surface area contributed by atoms with Crippen LogP contribution in [0.25, 0.3) is 11.0 Å². The summed E-state index contributed by atoms with van der Waals surface area (Å²) in [6, 6.07) is 5.64. The fourth-order valence-electron chi connectivity index (χ4n) is 4.72. The highest BCUT2D eigenvalue weighted by molar-refractivity contribution is 5.78. The Hall–Kier alpha value is -2.69. The first kappa shape index (κ1) is 17.4. The molecule has 0 fully saturated rings. The van der Waals surface area contributed by atoms with Crippen molar-refractivity contribution in [3.8, 4) is 5.75 Å². The lowest BCUT2D eigenvalue weighted by molar-refractivity contribution is 0.232. The van der Waals surface area contributed by atoms with E-state index < -0.39 is 0 Å². The van der Waals surface area contributed by atoms with Gasteiger partial charge in [0.05, 0.1) is 11.7 Å². The van der Waals surface area contributed by atoms with Crippen molar-refractivity contribution in [1.82, 2.24) is 14.5 Å². The smallest absolute Gasteiger partial charge is 0.144 e. The first-order valence-corrected chi connectivity index (χ1v) is 10.1. The number of hydrogen-bond donors (Lipinski definition) is 0. The average Bonchev–Trinajstić information content (AvgIpc) is 3.31. The second-order valence-electron chi connectivity index (χ2n) is 7.99. The Bertz CT molecular complexity index is 1070. The van der Waals surface area contributed by atoms with Gasteiger partial charge >= 0.3 is 0 Å². The van der Waals surface area contributed by atoms with E-state index in [1.165, 1.54) is 0 Å². The van der Waals surface area contributed by atoms with Gasteiger partial charge in [-0.1, -0.05) is 13.0 Å². The van der Waals surface area contributed by atoms with Crippen molar-refractivity contribution in [2.24, 2.45) is 0 Å². The molecule has 2 aliphatic carbocycles. The Labute approximate surface area is 164 Å². The Kier molecular flexibility index (Phi) is 4.18. The van der Waals surface area contributed by atoms with Crippen molar-refractivity contribution in [2.75, 3.05) is 0 Å². The Balaban J connectivity index is 1.39. The van der Waals surface area contributed by atoms with Crippen LogP contribution in [0.3, 0.4) is 0 Å². The van der Waals surface area contributed by atoms with Crippen LogP contribution in [0.2, 0.25) is 0 Å². The minimum atomic E-state index is -0.0942. The van der Waals surface area contributed by atoms with E-state index in [0.717, 1.165) is 59.3 Å². The summed E-state index contributed by atoms with van der Waals surface area (Å²) in [6.07, 6.45) is 11.8. The van der Waals surface area contributed by atoms with Crippen LogP contribution in [-0.2, 0) is 6.42 Å². The van der Waals surface area contributed by atoms with Crippen LogP contribution in [0, 0.1) is 12.7 Å². The van der Waals surface area contributed by atoms with E-state index in [4.69, 9.17) is 4.74 Å². The van der Waals surface area contributed by atoms with E-state index in [2.05, 4.69) is 45.9 Å². The van der Waals surface area contributed by atoms with Crippen LogP contribution in [0.4, 0.5) is 4.39 Å². The maximum Gasteiger partial charge on any atom is 0.144 e. The molecule has 2 aromatic heterocycles. The van der Waals surface area contributed by atoms with Gasteiger partial charge in [0.25, 0.3) is 0 Å². The summed E-state index contributed by atoms with van der Waals surface area (Å²) in [5, 5.41) is 1.09. The number of fused-ring (bicyclic) bond motifs is 2. The molecule has 4 nitrogen and oxygen atoms in total. The Morgan fingerprint density at radius 2 is 2.07 bits per heavy atom. The maximum atomic E-state index is 14.4. The monoisotopic (exact) mass is 377 g/mol. The fraction of sp³-hybridized carbons (Fsp3) is 0.391. The average molecular weight is 377 g/mol. The van der Waals surface area contributed by atoms with Gasteiger partial charge in [0.15, 0.2) is 0 Å². The number of halogens is 1. The van der Waals surface area contributed by atoms with Gasteiger partial charge < -0.3 is 9.30 Å². The van der Waals surface area contributed by atoms with Crippen LogP contribution in [-0.4, -0.2) is 20.6 Å². The minimum Gasteiger partial charge on any atom is -0.486 e. The summed E-state index contributed by atoms with van der Waals surface area (Å²) < 4.78 is 22.9. The van der Waals surface area contributed by atoms with Crippen LogP contribution in [0.5, 0.6) is 5.75 Å². The highest BCUT2D eigenvalue weighted by Crippen LogP contribution is 2.39. The number of hydrogen-bond acceptors (Lipinski definition) is 3. The molecule has 5 rings (SSSR count). The van der Waals surface area contributed by atoms with E-state index in [0.29, 0.717) is 0 Å². The van der Waals surface area contributed by atoms with Crippen molar-refractivity contribution < 1.29 is 9.13 Å². The number of rotatable bonds is 3. The molecule has 28 heavy (non-hydrogen) atoms. The molecule has 2 heterocycles. The molecule has 5 heteroatoms. The first-order chi connectivity index (χ1) is 13.6. The molecule has 0 saturated heterocycles. The van der Waals surface area contributed by atoms with Crippen molar-refractivity contribution >= 4 is 11.0 Å². The van der Waals surface area contributed by atoms with Crippen molar-refractivity contribution in [3.05, 3.63) is 65.5 Å². The summed E-state index contributed by atoms with van der Waals surface area (Å²) in [5.41, 5.74) is 3.86. The predicted molar refractivity (Wildman–Crippen MR) is 107 cm³/mol. The van der Waals surface area contributed by atoms with E-state index in [1.807, 2.05) is 6.92 Å². The molecule has 0 aliphatic heterocycles. The number of allylic oxidation sites excluding steroid dienone is 1. The van der Waals surface area contributed by atoms with Crippen LogP contribution in [0.15, 0.2) is 42.9 Å². The van der Waals surface area contributed by atoms with Crippen molar-refractivity contribution in [2.45, 2.75) is 57.6 Å². The van der Waals surface area contributed by atoms with Gasteiger partial charge in [-0.15, -0.1) is 0 Å². The molecule has 0 N–H and O–H groups in total. The maximum absolute atomic E-state index is 14.4. The molecule has 0 radical (unpaired) electrons. The summed E-state index contributed by atoms with van der Waals surface area (Å²) in [5.74, 6) is 1.00. The molecule has 0 saturated carbocycles. The molecule has 0 spiro atoms. The summed E-state index contributed by atoms with van der Waals surface area (Å²) >= 11 is 0. The summed E-state index contributed by atoms with van der Waals surface area (Å²) in [6.45, 7) is 4.11. The third-order valence-corrected chi connectivity index (χ3v) is 6.18. The first-order valence-electron chi connectivity index (χ1n) is 10.1. The fourth-order valence-corrected chi connectivity index (χ4v) is 4.72. The highest BCUT2D eigenvalue weighted by Gasteiger charge is 2.27. The van der Waals surface area contributed by atoms with Crippen LogP contribution in [0.1, 0.15) is 55.0 Å². The lowest BCUT2D eigenvalue weighted by Crippen LogP contribution is -2.17. The normalized spacial score (nSPS) is 23.9. The van der Waals surface area contributed by atoms with Crippen LogP contribution >= 0.6 is 0 Å². The minimum absolute atomic E-state index is 0.0165. The van der Waals surface area contributed by atoms with Crippen molar-refractivity contribution in [3.63, 3.8) is 0 Å². The van der Waals surface area contributed by atoms with E-state index in [-0.39, 0.29) is 23.9 Å². The molecule has 0 bridgehead atoms. The van der Waals surface area contributed by atoms with Gasteiger partial charge in [-0.3, -0.25) is 0 Å². The summed E-state index contributed by atoms with van der Waals surface area (Å²) in [7, 11) is 0. The zero-order valence-corrected chi connectivity index (χ0v) is 16.2. The SMILES string of the molecule is Cc1ncnc2c1ccn2[C@H]1C=C[C@@H](Oc2ccc(F)c3c2CCCC3C)C1. The Morgan fingerprint density at radius 3 is 2.96 bits per heavy atom. The second kappa shape index (κ2) is 6.73. The molecular formula is C23H24FN3O. The largest absolute Gasteiger partial charge is 0.486 e. The molecule has 1 unspecified atom stereocenters. The van der Waals surface area contributed by atoms with E-state index in [1.54, 1.807) is 18.5 Å². The zero-order valence-electron chi connectivity index (χ0n) is 16.2. The van der Waals surface area contributed by atoms with Gasteiger partial charge in [0, 0.05) is 23.6 Å². The molecular weight excluding hydrogens is 353 g/mol. The van der Waals surface area contributed by atoms with Crippen LogP contribution < -0.4 is 4.74 Å². The lowest BCUT2D eigenvalue weighted by atomic mass is 9.83. The van der Waals surface area contributed by atoms with Crippen molar-refractivity contribution in [1.29, 1.82) is 0 Å². The number of aryl methyl sites for hydroxylation is 1. The lowest BCUT2D eigenvalue weighted by Gasteiger charge is -2.26. The molecule has 2 aliphatic rings. The third-order valence-electron chi connectivity index (χ3n) is 6.18. The van der Waals surface area contributed by atoms with Gasteiger partial charge in [0.1, 0.15) is 29.6 Å². The third kappa shape index (κ3) is 2.81. The second-order valence-corrected chi connectivity index (χ2v) is 7.99. The quantitative estimate of drug-likeness (QED) is 0.584. The molecule has 144 valence electrons. The zero-order chi connectivity index (χ0) is 19.3. The molecule has 3 atom stereocenters. The molecule has 1 aromatic carbocycles. The predicted octanol–water partition coefficient (Wildman–Crippen LogP) is 5.27. The number of nitrogens with zero attached hydrogens (tertiary/aromatic N) is 3.